The molecule has 0 aromatic carbocycles. The monoisotopic (exact) mass is 144 g/mol. The van der Waals surface area contributed by atoms with Crippen molar-refractivity contribution in [2.45, 2.75) is 24.8 Å². The van der Waals surface area contributed by atoms with E-state index in [1.54, 1.807) is 0 Å². The second-order valence-electron chi connectivity index (χ2n) is 1.67. The zero-order valence-corrected chi connectivity index (χ0v) is 5.12. The molecule has 0 saturated heterocycles. The Morgan fingerprint density at radius 3 is 2.12 bits per heavy atom. The number of hydrogen-bond acceptors (Lipinski definition) is 1. The maximum Gasteiger partial charge on any atom is 0.324 e. The number of alkyl halides is 3. The van der Waals surface area contributed by atoms with Gasteiger partial charge >= 0.3 is 5.38 Å². The molecule has 4 heteroatoms. The molecule has 0 heterocycles. The molecule has 8 heavy (non-hydrogen) atoms. The molecule has 0 saturated carbocycles. The highest BCUT2D eigenvalue weighted by molar-refractivity contribution is 6.21. The summed E-state index contributed by atoms with van der Waals surface area (Å²) in [4.78, 5) is 0. The molecule has 0 aliphatic carbocycles. The SMILES string of the molecule is CC(O)CC(F)(F)Cl. The maximum atomic E-state index is 11.6. The summed E-state index contributed by atoms with van der Waals surface area (Å²) < 4.78 is 23.2. The Morgan fingerprint density at radius 1 is 1.75 bits per heavy atom. The van der Waals surface area contributed by atoms with Gasteiger partial charge in [-0.05, 0) is 18.5 Å². The standard InChI is InChI=1S/C4H7ClF2O/c1-3(8)2-4(5,6)7/h3,8H,2H2,1H3. The Labute approximate surface area is 51.3 Å². The Morgan fingerprint density at radius 2 is 2.12 bits per heavy atom. The van der Waals surface area contributed by atoms with E-state index in [4.69, 9.17) is 5.11 Å². The van der Waals surface area contributed by atoms with Gasteiger partial charge in [0, 0.05) is 0 Å². The molecule has 0 radical (unpaired) electrons. The van der Waals surface area contributed by atoms with E-state index in [1.165, 1.54) is 6.92 Å². The van der Waals surface area contributed by atoms with Gasteiger partial charge in [0.1, 0.15) is 0 Å². The molecular weight excluding hydrogens is 137 g/mol. The smallest absolute Gasteiger partial charge is 0.324 e. The third-order valence-corrected chi connectivity index (χ3v) is 0.681. The fraction of sp³-hybridized carbons (Fsp3) is 1.00. The second-order valence-corrected chi connectivity index (χ2v) is 2.22. The van der Waals surface area contributed by atoms with Crippen molar-refractivity contribution in [2.24, 2.45) is 0 Å². The number of aliphatic hydroxyl groups excluding tert-OH is 1. The van der Waals surface area contributed by atoms with Crippen LogP contribution in [0.25, 0.3) is 0 Å². The average molecular weight is 145 g/mol. The van der Waals surface area contributed by atoms with Gasteiger partial charge in [-0.3, -0.25) is 0 Å². The van der Waals surface area contributed by atoms with Gasteiger partial charge in [-0.25, -0.2) is 0 Å². The first-order valence-electron chi connectivity index (χ1n) is 2.16. The van der Waals surface area contributed by atoms with Crippen LogP contribution in [-0.2, 0) is 0 Å². The molecule has 1 N–H and O–H groups in total. The first-order chi connectivity index (χ1) is 3.42. The number of halogens is 3. The van der Waals surface area contributed by atoms with Gasteiger partial charge < -0.3 is 5.11 Å². The van der Waals surface area contributed by atoms with Crippen molar-refractivity contribution in [3.05, 3.63) is 0 Å². The van der Waals surface area contributed by atoms with Gasteiger partial charge in [0.05, 0.1) is 12.5 Å². The highest BCUT2D eigenvalue weighted by atomic mass is 35.5. The van der Waals surface area contributed by atoms with Gasteiger partial charge in [-0.15, -0.1) is 0 Å². The van der Waals surface area contributed by atoms with E-state index in [2.05, 4.69) is 11.6 Å². The summed E-state index contributed by atoms with van der Waals surface area (Å²) in [6.45, 7) is 1.26. The molecule has 0 bridgehead atoms. The molecule has 1 atom stereocenters. The van der Waals surface area contributed by atoms with Crippen molar-refractivity contribution in [3.8, 4) is 0 Å². The predicted octanol–water partition coefficient (Wildman–Crippen LogP) is 1.59. The van der Waals surface area contributed by atoms with Crippen LogP contribution in [-0.4, -0.2) is 16.6 Å². The summed E-state index contributed by atoms with van der Waals surface area (Å²) in [5, 5.41) is 5.07. The van der Waals surface area contributed by atoms with Crippen LogP contribution in [0.15, 0.2) is 0 Å². The van der Waals surface area contributed by atoms with Gasteiger partial charge in [0.25, 0.3) is 0 Å². The highest BCUT2D eigenvalue weighted by Gasteiger charge is 2.26. The first-order valence-corrected chi connectivity index (χ1v) is 2.54. The molecule has 0 rings (SSSR count). The predicted molar refractivity (Wildman–Crippen MR) is 27.1 cm³/mol. The van der Waals surface area contributed by atoms with E-state index < -0.39 is 17.9 Å². The van der Waals surface area contributed by atoms with E-state index in [9.17, 15) is 8.78 Å². The van der Waals surface area contributed by atoms with Crippen LogP contribution in [0.1, 0.15) is 13.3 Å². The summed E-state index contributed by atoms with van der Waals surface area (Å²) in [7, 11) is 0. The molecule has 0 aromatic rings. The summed E-state index contributed by atoms with van der Waals surface area (Å²) >= 11 is 4.43. The lowest BCUT2D eigenvalue weighted by molar-refractivity contribution is 0.0344. The largest absolute Gasteiger partial charge is 0.393 e. The van der Waals surface area contributed by atoms with Crippen molar-refractivity contribution in [1.29, 1.82) is 0 Å². The van der Waals surface area contributed by atoms with Gasteiger partial charge in [0.2, 0.25) is 0 Å². The van der Waals surface area contributed by atoms with Crippen LogP contribution >= 0.6 is 11.6 Å². The average Bonchev–Trinajstić information content (AvgIpc) is 1.21. The minimum absolute atomic E-state index is 0.686. The number of hydrogen-bond donors (Lipinski definition) is 1. The normalized spacial score (nSPS) is 16.1. The Hall–Kier alpha value is 0.110. The lowest BCUT2D eigenvalue weighted by Crippen LogP contribution is -2.14. The minimum Gasteiger partial charge on any atom is -0.393 e. The number of aliphatic hydroxyl groups is 1. The van der Waals surface area contributed by atoms with Crippen molar-refractivity contribution in [2.75, 3.05) is 0 Å². The summed E-state index contributed by atoms with van der Waals surface area (Å²) in [5.41, 5.74) is 0. The van der Waals surface area contributed by atoms with Crippen molar-refractivity contribution in [3.63, 3.8) is 0 Å². The van der Waals surface area contributed by atoms with Crippen LogP contribution in [0, 0.1) is 0 Å². The van der Waals surface area contributed by atoms with E-state index in [0.29, 0.717) is 0 Å². The van der Waals surface area contributed by atoms with Crippen LogP contribution in [0.5, 0.6) is 0 Å². The van der Waals surface area contributed by atoms with Crippen LogP contribution in [0.2, 0.25) is 0 Å². The zero-order valence-electron chi connectivity index (χ0n) is 4.37. The molecule has 1 unspecified atom stereocenters. The van der Waals surface area contributed by atoms with Crippen molar-refractivity contribution < 1.29 is 13.9 Å². The summed E-state index contributed by atoms with van der Waals surface area (Å²) in [6, 6.07) is 0. The molecule has 0 fully saturated rings. The molecule has 50 valence electrons. The maximum absolute atomic E-state index is 11.6. The first kappa shape index (κ1) is 8.11. The van der Waals surface area contributed by atoms with E-state index in [1.807, 2.05) is 0 Å². The fourth-order valence-electron chi connectivity index (χ4n) is 0.335. The quantitative estimate of drug-likeness (QED) is 0.584. The second kappa shape index (κ2) is 2.60. The minimum atomic E-state index is -3.26. The topological polar surface area (TPSA) is 20.2 Å². The molecule has 1 nitrogen and oxygen atoms in total. The van der Waals surface area contributed by atoms with Crippen molar-refractivity contribution >= 4 is 11.6 Å². The molecule has 0 aliphatic rings. The summed E-state index contributed by atoms with van der Waals surface area (Å²) in [5.74, 6) is 0. The number of rotatable bonds is 2. The van der Waals surface area contributed by atoms with E-state index in [0.717, 1.165) is 0 Å². The van der Waals surface area contributed by atoms with Crippen LogP contribution < -0.4 is 0 Å². The van der Waals surface area contributed by atoms with Crippen LogP contribution in [0.3, 0.4) is 0 Å². The fourth-order valence-corrected chi connectivity index (χ4v) is 0.558. The third kappa shape index (κ3) is 6.11. The summed E-state index contributed by atoms with van der Waals surface area (Å²) in [6.07, 6.45) is -1.73. The molecule has 0 aromatic heterocycles. The molecular formula is C4H7ClF2O. The van der Waals surface area contributed by atoms with E-state index in [-0.39, 0.29) is 0 Å². The van der Waals surface area contributed by atoms with Gasteiger partial charge in [-0.2, -0.15) is 8.78 Å². The molecule has 0 spiro atoms. The van der Waals surface area contributed by atoms with E-state index >= 15 is 0 Å². The molecule has 0 amide bonds. The van der Waals surface area contributed by atoms with Crippen LogP contribution in [0.4, 0.5) is 8.78 Å². The van der Waals surface area contributed by atoms with Gasteiger partial charge in [0.15, 0.2) is 0 Å². The third-order valence-electron chi connectivity index (χ3n) is 0.527. The Bertz CT molecular complexity index is 68.9. The van der Waals surface area contributed by atoms with Gasteiger partial charge in [-0.1, -0.05) is 0 Å². The Kier molecular flexibility index (Phi) is 2.63. The molecule has 0 aliphatic heterocycles. The lowest BCUT2D eigenvalue weighted by atomic mass is 10.3. The zero-order chi connectivity index (χ0) is 6.78. The Balaban J connectivity index is 3.39. The van der Waals surface area contributed by atoms with Crippen molar-refractivity contribution in [1.82, 2.24) is 0 Å². The highest BCUT2D eigenvalue weighted by Crippen LogP contribution is 2.24. The lowest BCUT2D eigenvalue weighted by Gasteiger charge is -2.08.